The highest BCUT2D eigenvalue weighted by atomic mass is 35.5. The lowest BCUT2D eigenvalue weighted by Gasteiger charge is -2.14. The van der Waals surface area contributed by atoms with Gasteiger partial charge in [0.2, 0.25) is 11.8 Å². The maximum atomic E-state index is 11.7. The monoisotopic (exact) mass is 299 g/mol. The van der Waals surface area contributed by atoms with E-state index in [0.29, 0.717) is 24.4 Å². The van der Waals surface area contributed by atoms with E-state index in [2.05, 4.69) is 5.32 Å². The number of primary amides is 1. The highest BCUT2D eigenvalue weighted by Gasteiger charge is 2.14. The highest BCUT2D eigenvalue weighted by Crippen LogP contribution is 2.05. The molecule has 0 saturated carbocycles. The largest absolute Gasteiger partial charge is 0.366 e. The lowest BCUT2D eigenvalue weighted by Crippen LogP contribution is -2.41. The number of carbonyl (C=O) groups excluding carboxylic acids is 2. The molecule has 112 valence electrons. The molecule has 0 radical (unpaired) electrons. The lowest BCUT2D eigenvalue weighted by atomic mass is 10.0. The number of carbonyl (C=O) groups is 2. The minimum Gasteiger partial charge on any atom is -0.366 e. The van der Waals surface area contributed by atoms with Crippen LogP contribution >= 0.6 is 12.4 Å². The summed E-state index contributed by atoms with van der Waals surface area (Å²) in [6, 6.07) is 6.31. The van der Waals surface area contributed by atoms with Gasteiger partial charge in [0.1, 0.15) is 0 Å². The Morgan fingerprint density at radius 2 is 1.75 bits per heavy atom. The van der Waals surface area contributed by atoms with Crippen LogP contribution in [0, 0.1) is 5.92 Å². The van der Waals surface area contributed by atoms with Crippen LogP contribution in [0.1, 0.15) is 36.2 Å². The van der Waals surface area contributed by atoms with Crippen LogP contribution in [0.5, 0.6) is 0 Å². The molecule has 0 heterocycles. The van der Waals surface area contributed by atoms with E-state index in [1.54, 1.807) is 24.3 Å². The summed E-state index contributed by atoms with van der Waals surface area (Å²) in [5.41, 5.74) is 12.3. The topological polar surface area (TPSA) is 98.2 Å². The van der Waals surface area contributed by atoms with Crippen LogP contribution in [0.3, 0.4) is 0 Å². The summed E-state index contributed by atoms with van der Waals surface area (Å²) in [6.45, 7) is 4.44. The molecule has 2 amide bonds. The Morgan fingerprint density at radius 1 is 1.20 bits per heavy atom. The van der Waals surface area contributed by atoms with E-state index in [4.69, 9.17) is 11.5 Å². The Bertz CT molecular complexity index is 446. The molecule has 1 aromatic rings. The molecule has 1 aromatic carbocycles. The van der Waals surface area contributed by atoms with Crippen molar-refractivity contribution in [1.82, 2.24) is 5.32 Å². The van der Waals surface area contributed by atoms with Crippen molar-refractivity contribution in [1.29, 1.82) is 0 Å². The Balaban J connectivity index is 0.00000361. The minimum absolute atomic E-state index is 0. The molecule has 0 aliphatic carbocycles. The number of halogens is 1. The van der Waals surface area contributed by atoms with Gasteiger partial charge < -0.3 is 16.8 Å². The predicted octanol–water partition coefficient (Wildman–Crippen LogP) is 1.20. The molecule has 1 atom stereocenters. The normalized spacial score (nSPS) is 11.6. The van der Waals surface area contributed by atoms with E-state index in [9.17, 15) is 9.59 Å². The first-order valence-electron chi connectivity index (χ1n) is 6.32. The summed E-state index contributed by atoms with van der Waals surface area (Å²) in [7, 11) is 0. The predicted molar refractivity (Wildman–Crippen MR) is 81.5 cm³/mol. The van der Waals surface area contributed by atoms with E-state index in [1.807, 2.05) is 13.8 Å². The Morgan fingerprint density at radius 3 is 2.20 bits per heavy atom. The first kappa shape index (κ1) is 18.4. The van der Waals surface area contributed by atoms with Crippen molar-refractivity contribution >= 4 is 24.2 Å². The fourth-order valence-corrected chi connectivity index (χ4v) is 1.72. The summed E-state index contributed by atoms with van der Waals surface area (Å²) in [5, 5.41) is 2.77. The van der Waals surface area contributed by atoms with Gasteiger partial charge in [-0.25, -0.2) is 0 Å². The summed E-state index contributed by atoms with van der Waals surface area (Å²) < 4.78 is 0. The second-order valence-electron chi connectivity index (χ2n) is 5.02. The second kappa shape index (κ2) is 8.55. The quantitative estimate of drug-likeness (QED) is 0.736. The standard InChI is InChI=1S/C14H21N3O2.ClH/c1-9(2)7-12(15)14(19)17-8-10-3-5-11(6-4-10)13(16)18;/h3-6,9,12H,7-8,15H2,1-2H3,(H2,16,18)(H,17,19);1H/t12-;/m0./s1. The molecular formula is C14H22ClN3O2. The molecule has 5 nitrogen and oxygen atoms in total. The SMILES string of the molecule is CC(C)C[C@H](N)C(=O)NCc1ccc(C(N)=O)cc1.Cl. The molecule has 20 heavy (non-hydrogen) atoms. The van der Waals surface area contributed by atoms with Crippen LogP contribution in [0.4, 0.5) is 0 Å². The van der Waals surface area contributed by atoms with Gasteiger partial charge in [0, 0.05) is 12.1 Å². The first-order valence-corrected chi connectivity index (χ1v) is 6.32. The number of hydrogen-bond donors (Lipinski definition) is 3. The molecule has 0 aliphatic heterocycles. The van der Waals surface area contributed by atoms with Crippen molar-refractivity contribution in [2.45, 2.75) is 32.9 Å². The number of hydrogen-bond acceptors (Lipinski definition) is 3. The average Bonchev–Trinajstić information content (AvgIpc) is 2.35. The van der Waals surface area contributed by atoms with E-state index in [1.165, 1.54) is 0 Å². The van der Waals surface area contributed by atoms with Crippen molar-refractivity contribution < 1.29 is 9.59 Å². The Hall–Kier alpha value is -1.59. The number of nitrogens with one attached hydrogen (secondary N) is 1. The van der Waals surface area contributed by atoms with Crippen molar-refractivity contribution in [2.24, 2.45) is 17.4 Å². The molecule has 6 heteroatoms. The van der Waals surface area contributed by atoms with Gasteiger partial charge in [-0.3, -0.25) is 9.59 Å². The molecule has 0 unspecified atom stereocenters. The summed E-state index contributed by atoms with van der Waals surface area (Å²) in [6.07, 6.45) is 0.659. The highest BCUT2D eigenvalue weighted by molar-refractivity contribution is 5.92. The maximum Gasteiger partial charge on any atom is 0.248 e. The summed E-state index contributed by atoms with van der Waals surface area (Å²) in [4.78, 5) is 22.6. The van der Waals surface area contributed by atoms with Gasteiger partial charge in [-0.05, 0) is 30.0 Å². The third-order valence-electron chi connectivity index (χ3n) is 2.77. The lowest BCUT2D eigenvalue weighted by molar-refractivity contribution is -0.122. The zero-order chi connectivity index (χ0) is 14.4. The fourth-order valence-electron chi connectivity index (χ4n) is 1.72. The molecule has 0 fully saturated rings. The maximum absolute atomic E-state index is 11.7. The van der Waals surface area contributed by atoms with Crippen LogP contribution in [-0.2, 0) is 11.3 Å². The van der Waals surface area contributed by atoms with Crippen LogP contribution in [0.15, 0.2) is 24.3 Å². The van der Waals surface area contributed by atoms with Crippen molar-refractivity contribution in [3.8, 4) is 0 Å². The summed E-state index contributed by atoms with van der Waals surface area (Å²) in [5.74, 6) is -0.238. The number of rotatable bonds is 6. The zero-order valence-corrected chi connectivity index (χ0v) is 12.6. The van der Waals surface area contributed by atoms with Gasteiger partial charge >= 0.3 is 0 Å². The van der Waals surface area contributed by atoms with Crippen LogP contribution in [0.2, 0.25) is 0 Å². The molecule has 1 rings (SSSR count). The molecule has 0 saturated heterocycles. The van der Waals surface area contributed by atoms with Crippen LogP contribution in [-0.4, -0.2) is 17.9 Å². The van der Waals surface area contributed by atoms with Gasteiger partial charge in [0.05, 0.1) is 6.04 Å². The van der Waals surface area contributed by atoms with Crippen molar-refractivity contribution in [3.05, 3.63) is 35.4 Å². The van der Waals surface area contributed by atoms with E-state index >= 15 is 0 Å². The smallest absolute Gasteiger partial charge is 0.248 e. The van der Waals surface area contributed by atoms with E-state index in [0.717, 1.165) is 5.56 Å². The number of amides is 2. The van der Waals surface area contributed by atoms with Gasteiger partial charge in [-0.15, -0.1) is 12.4 Å². The zero-order valence-electron chi connectivity index (χ0n) is 11.8. The Kier molecular flexibility index (Phi) is 7.87. The van der Waals surface area contributed by atoms with E-state index < -0.39 is 11.9 Å². The summed E-state index contributed by atoms with van der Waals surface area (Å²) >= 11 is 0. The van der Waals surface area contributed by atoms with Crippen LogP contribution in [0.25, 0.3) is 0 Å². The van der Waals surface area contributed by atoms with Gasteiger partial charge in [0.25, 0.3) is 0 Å². The first-order chi connectivity index (χ1) is 8.90. The fraction of sp³-hybridized carbons (Fsp3) is 0.429. The minimum atomic E-state index is -0.482. The molecular weight excluding hydrogens is 278 g/mol. The van der Waals surface area contributed by atoms with Gasteiger partial charge in [-0.2, -0.15) is 0 Å². The molecule has 0 spiro atoms. The van der Waals surface area contributed by atoms with Crippen molar-refractivity contribution in [3.63, 3.8) is 0 Å². The molecule has 0 aliphatic rings. The van der Waals surface area contributed by atoms with Gasteiger partial charge in [-0.1, -0.05) is 26.0 Å². The third-order valence-corrected chi connectivity index (χ3v) is 2.77. The van der Waals surface area contributed by atoms with Crippen LogP contribution < -0.4 is 16.8 Å². The Labute approximate surface area is 125 Å². The number of benzene rings is 1. The number of nitrogens with two attached hydrogens (primary N) is 2. The molecule has 0 aromatic heterocycles. The van der Waals surface area contributed by atoms with Gasteiger partial charge in [0.15, 0.2) is 0 Å². The second-order valence-corrected chi connectivity index (χ2v) is 5.02. The molecule has 5 N–H and O–H groups in total. The van der Waals surface area contributed by atoms with Crippen molar-refractivity contribution in [2.75, 3.05) is 0 Å². The molecule has 0 bridgehead atoms. The average molecular weight is 300 g/mol. The third kappa shape index (κ3) is 6.04. The van der Waals surface area contributed by atoms with E-state index in [-0.39, 0.29) is 18.3 Å².